The van der Waals surface area contributed by atoms with Crippen molar-refractivity contribution in [3.8, 4) is 0 Å². The Morgan fingerprint density at radius 2 is 2.06 bits per heavy atom. The summed E-state index contributed by atoms with van der Waals surface area (Å²) < 4.78 is 5.33. The van der Waals surface area contributed by atoms with Gasteiger partial charge in [-0.05, 0) is 6.07 Å². The van der Waals surface area contributed by atoms with E-state index in [-0.39, 0.29) is 0 Å². The van der Waals surface area contributed by atoms with Gasteiger partial charge in [0.15, 0.2) is 12.0 Å². The van der Waals surface area contributed by atoms with Crippen LogP contribution >= 0.6 is 0 Å². The van der Waals surface area contributed by atoms with Gasteiger partial charge < -0.3 is 9.40 Å². The Hall–Kier alpha value is -2.43. The molecule has 76 valence electrons. The number of nitrogens with zero attached hydrogens (tertiary/aromatic N) is 3. The summed E-state index contributed by atoms with van der Waals surface area (Å²) in [6.45, 7) is 0. The van der Waals surface area contributed by atoms with E-state index < -0.39 is 0 Å². The van der Waals surface area contributed by atoms with Crippen LogP contribution in [-0.4, -0.2) is 20.2 Å². The first kappa shape index (κ1) is 7.81. The number of H-pyrrole nitrogens is 1. The molecular weight excluding hydrogens is 204 g/mol. The minimum atomic E-state index is 0.609. The van der Waals surface area contributed by atoms with E-state index in [2.05, 4.69) is 20.2 Å². The highest BCUT2D eigenvalue weighted by Gasteiger charge is 2.12. The number of hydrogen-bond donors (Lipinski definition) is 1. The third-order valence-corrected chi connectivity index (χ3v) is 2.71. The van der Waals surface area contributed by atoms with E-state index in [1.165, 1.54) is 6.39 Å². The first-order valence-electron chi connectivity index (χ1n) is 4.90. The summed E-state index contributed by atoms with van der Waals surface area (Å²) in [5, 5.41) is 10.1. The maximum Gasteiger partial charge on any atom is 0.212 e. The molecule has 0 spiro atoms. The number of fused-ring (bicyclic) bond motifs is 2. The lowest BCUT2D eigenvalue weighted by Crippen LogP contribution is -1.84. The standard InChI is InChI=1S/C11H6N4O/c1-2-4-7-6(3-1)9-8-10(15-14-9)12-5-16-11(8)13-7/h1-5,13H. The first-order chi connectivity index (χ1) is 7.93. The number of nitrogens with one attached hydrogen (secondary N) is 1. The quantitative estimate of drug-likeness (QED) is 0.452. The van der Waals surface area contributed by atoms with Crippen LogP contribution in [-0.2, 0) is 0 Å². The van der Waals surface area contributed by atoms with Crippen molar-refractivity contribution in [2.45, 2.75) is 0 Å². The van der Waals surface area contributed by atoms with Crippen molar-refractivity contribution >= 4 is 33.2 Å². The Morgan fingerprint density at radius 3 is 3.06 bits per heavy atom. The molecular formula is C11H6N4O. The van der Waals surface area contributed by atoms with Gasteiger partial charge in [-0.25, -0.2) is 0 Å². The Morgan fingerprint density at radius 1 is 1.12 bits per heavy atom. The lowest BCUT2D eigenvalue weighted by atomic mass is 10.1. The molecule has 0 aliphatic heterocycles. The van der Waals surface area contributed by atoms with Crippen LogP contribution in [0.2, 0.25) is 0 Å². The van der Waals surface area contributed by atoms with Crippen LogP contribution in [0.5, 0.6) is 0 Å². The number of aromatic nitrogens is 4. The highest BCUT2D eigenvalue weighted by Crippen LogP contribution is 2.27. The van der Waals surface area contributed by atoms with Gasteiger partial charge in [0.1, 0.15) is 10.9 Å². The molecule has 0 atom stereocenters. The van der Waals surface area contributed by atoms with E-state index in [0.717, 1.165) is 21.8 Å². The van der Waals surface area contributed by atoms with Gasteiger partial charge in [0.2, 0.25) is 5.71 Å². The molecule has 0 saturated carbocycles. The minimum absolute atomic E-state index is 0.609. The van der Waals surface area contributed by atoms with Gasteiger partial charge in [0, 0.05) is 5.39 Å². The summed E-state index contributed by atoms with van der Waals surface area (Å²) in [7, 11) is 0. The van der Waals surface area contributed by atoms with Crippen molar-refractivity contribution in [2.24, 2.45) is 0 Å². The second-order valence-corrected chi connectivity index (χ2v) is 3.60. The number of hydrogen-bond acceptors (Lipinski definition) is 4. The molecule has 0 saturated heterocycles. The smallest absolute Gasteiger partial charge is 0.212 e. The summed E-state index contributed by atoms with van der Waals surface area (Å²) in [5.41, 5.74) is 3.07. The zero-order valence-corrected chi connectivity index (χ0v) is 8.14. The summed E-state index contributed by atoms with van der Waals surface area (Å²) in [6.07, 6.45) is 1.37. The maximum absolute atomic E-state index is 5.33. The fourth-order valence-electron chi connectivity index (χ4n) is 1.99. The minimum Gasteiger partial charge on any atom is -0.428 e. The number of rotatable bonds is 0. The molecule has 0 aliphatic carbocycles. The molecule has 1 aromatic carbocycles. The summed E-state index contributed by atoms with van der Waals surface area (Å²) in [6, 6.07) is 7.92. The third kappa shape index (κ3) is 0.826. The molecule has 0 bridgehead atoms. The van der Waals surface area contributed by atoms with E-state index >= 15 is 0 Å². The SMILES string of the molecule is c1ccc2c(c1)[nH]c1ocnc3nnc2c31. The van der Waals surface area contributed by atoms with Gasteiger partial charge >= 0.3 is 0 Å². The fourth-order valence-corrected chi connectivity index (χ4v) is 1.99. The molecule has 5 nitrogen and oxygen atoms in total. The first-order valence-corrected chi connectivity index (χ1v) is 4.90. The van der Waals surface area contributed by atoms with Crippen LogP contribution in [0.3, 0.4) is 0 Å². The molecule has 0 unspecified atom stereocenters. The predicted molar refractivity (Wildman–Crippen MR) is 59.0 cm³/mol. The summed E-state index contributed by atoms with van der Waals surface area (Å²) in [4.78, 5) is 7.24. The zero-order valence-electron chi connectivity index (χ0n) is 8.14. The molecule has 0 fully saturated rings. The summed E-state index contributed by atoms with van der Waals surface area (Å²) in [5.74, 6) is 0. The average Bonchev–Trinajstić information content (AvgIpc) is 2.76. The van der Waals surface area contributed by atoms with E-state index in [0.29, 0.717) is 11.4 Å². The third-order valence-electron chi connectivity index (χ3n) is 2.71. The number of aromatic amines is 1. The van der Waals surface area contributed by atoms with E-state index in [1.807, 2.05) is 24.3 Å². The van der Waals surface area contributed by atoms with E-state index in [9.17, 15) is 0 Å². The molecule has 4 rings (SSSR count). The molecule has 1 N–H and O–H groups in total. The Kier molecular flexibility index (Phi) is 1.26. The highest BCUT2D eigenvalue weighted by molar-refractivity contribution is 6.13. The Bertz CT molecular complexity index is 814. The molecule has 5 heteroatoms. The van der Waals surface area contributed by atoms with E-state index in [4.69, 9.17) is 4.42 Å². The van der Waals surface area contributed by atoms with Crippen molar-refractivity contribution in [2.75, 3.05) is 0 Å². The van der Waals surface area contributed by atoms with Gasteiger partial charge in [-0.1, -0.05) is 18.2 Å². The molecule has 4 aromatic rings. The molecule has 3 heterocycles. The van der Waals surface area contributed by atoms with Crippen LogP contribution in [0.25, 0.3) is 33.2 Å². The number of pyridine rings is 1. The second-order valence-electron chi connectivity index (χ2n) is 3.60. The molecule has 0 aliphatic rings. The summed E-state index contributed by atoms with van der Waals surface area (Å²) >= 11 is 0. The van der Waals surface area contributed by atoms with Crippen molar-refractivity contribution < 1.29 is 4.42 Å². The van der Waals surface area contributed by atoms with Gasteiger partial charge in [0.25, 0.3) is 0 Å². The number of para-hydroxylation sites is 1. The van der Waals surface area contributed by atoms with Crippen molar-refractivity contribution in [1.29, 1.82) is 0 Å². The topological polar surface area (TPSA) is 67.6 Å². The Balaban J connectivity index is 2.45. The molecule has 3 aromatic heterocycles. The normalized spacial score (nSPS) is 11.8. The largest absolute Gasteiger partial charge is 0.428 e. The van der Waals surface area contributed by atoms with E-state index in [1.54, 1.807) is 0 Å². The lowest BCUT2D eigenvalue weighted by molar-refractivity contribution is 0.572. The van der Waals surface area contributed by atoms with Crippen LogP contribution in [0, 0.1) is 0 Å². The van der Waals surface area contributed by atoms with Crippen molar-refractivity contribution in [3.63, 3.8) is 0 Å². The van der Waals surface area contributed by atoms with Crippen LogP contribution in [0.15, 0.2) is 35.1 Å². The monoisotopic (exact) mass is 210 g/mol. The van der Waals surface area contributed by atoms with Gasteiger partial charge in [-0.2, -0.15) is 4.98 Å². The molecule has 16 heavy (non-hydrogen) atoms. The maximum atomic E-state index is 5.33. The molecule has 0 radical (unpaired) electrons. The van der Waals surface area contributed by atoms with Gasteiger partial charge in [-0.15, -0.1) is 10.2 Å². The second kappa shape index (κ2) is 2.57. The van der Waals surface area contributed by atoms with Crippen LogP contribution in [0.4, 0.5) is 0 Å². The number of benzene rings is 1. The average molecular weight is 210 g/mol. The van der Waals surface area contributed by atoms with Crippen LogP contribution in [0.1, 0.15) is 0 Å². The van der Waals surface area contributed by atoms with Crippen molar-refractivity contribution in [1.82, 2.24) is 20.2 Å². The van der Waals surface area contributed by atoms with Crippen molar-refractivity contribution in [3.05, 3.63) is 30.7 Å². The lowest BCUT2D eigenvalue weighted by Gasteiger charge is -2.00. The van der Waals surface area contributed by atoms with Gasteiger partial charge in [0.05, 0.1) is 5.52 Å². The highest BCUT2D eigenvalue weighted by atomic mass is 16.3. The van der Waals surface area contributed by atoms with Gasteiger partial charge in [-0.3, -0.25) is 0 Å². The Labute approximate surface area is 89.1 Å². The molecule has 0 amide bonds. The van der Waals surface area contributed by atoms with Crippen LogP contribution < -0.4 is 0 Å². The zero-order chi connectivity index (χ0) is 10.5. The fraction of sp³-hybridized carbons (Fsp3) is 0. The predicted octanol–water partition coefficient (Wildman–Crippen LogP) is 2.25.